The maximum atomic E-state index is 12.8. The second kappa shape index (κ2) is 8.86. The Balaban J connectivity index is 1.59. The number of allylic oxidation sites excluding steroid dienone is 2. The molecule has 0 spiro atoms. The van der Waals surface area contributed by atoms with E-state index in [0.29, 0.717) is 29.2 Å². The number of ether oxygens (including phenoxy) is 1. The van der Waals surface area contributed by atoms with Crippen molar-refractivity contribution in [2.75, 3.05) is 25.7 Å². The number of hydrogen-bond donors (Lipinski definition) is 1. The van der Waals surface area contributed by atoms with Crippen molar-refractivity contribution >= 4 is 28.0 Å². The lowest BCUT2D eigenvalue weighted by atomic mass is 10.1. The average Bonchev–Trinajstić information content (AvgIpc) is 3.17. The fourth-order valence-corrected chi connectivity index (χ4v) is 6.23. The fourth-order valence-electron chi connectivity index (χ4n) is 3.58. The first-order valence-electron chi connectivity index (χ1n) is 9.32. The molecule has 2 heterocycles. The van der Waals surface area contributed by atoms with Gasteiger partial charge in [0.2, 0.25) is 0 Å². The van der Waals surface area contributed by atoms with Crippen LogP contribution in [0.5, 0.6) is 5.75 Å². The third-order valence-electron chi connectivity index (χ3n) is 4.92. The zero-order valence-electron chi connectivity index (χ0n) is 16.9. The number of nitrogens with two attached hydrogens (primary N) is 1. The van der Waals surface area contributed by atoms with E-state index in [0.717, 1.165) is 5.70 Å². The topological polar surface area (TPSA) is 64.8 Å². The molecule has 0 radical (unpaired) electrons. The zero-order chi connectivity index (χ0) is 22.1. The molecule has 0 fully saturated rings. The van der Waals surface area contributed by atoms with Gasteiger partial charge >= 0.3 is 6.36 Å². The van der Waals surface area contributed by atoms with Crippen LogP contribution in [0.2, 0.25) is 0 Å². The number of ketones is 1. The Bertz CT molecular complexity index is 854. The third-order valence-corrected chi connectivity index (χ3v) is 7.98. The van der Waals surface area contributed by atoms with Gasteiger partial charge in [0, 0.05) is 35.7 Å². The summed E-state index contributed by atoms with van der Waals surface area (Å²) in [6, 6.07) is 6.97. The average molecular weight is 463 g/mol. The van der Waals surface area contributed by atoms with Gasteiger partial charge in [-0.3, -0.25) is 9.93 Å². The normalized spacial score (nSPS) is 24.0. The lowest BCUT2D eigenvalue weighted by molar-refractivity contribution is -0.269. The minimum Gasteiger partial charge on any atom is -0.497 e. The lowest BCUT2D eigenvalue weighted by Crippen LogP contribution is -2.32. The van der Waals surface area contributed by atoms with Crippen LogP contribution in [-0.4, -0.2) is 48.1 Å². The number of hydrogen-bond acceptors (Lipinski definition) is 6. The number of carbonyl (C=O) groups is 1. The highest BCUT2D eigenvalue weighted by molar-refractivity contribution is 8.27. The van der Waals surface area contributed by atoms with Crippen molar-refractivity contribution in [1.29, 1.82) is 0 Å². The van der Waals surface area contributed by atoms with Crippen LogP contribution in [-0.2, 0) is 4.18 Å². The number of Topliss-reactive ketones (excluding diaryl/α,β-unsaturated/α-hetero) is 1. The number of alkyl halides is 3. The van der Waals surface area contributed by atoms with E-state index >= 15 is 0 Å². The number of benzene rings is 1. The van der Waals surface area contributed by atoms with E-state index in [1.165, 1.54) is 18.0 Å². The van der Waals surface area contributed by atoms with E-state index in [1.807, 2.05) is 13.0 Å². The lowest BCUT2D eigenvalue weighted by Gasteiger charge is -2.33. The minimum atomic E-state index is -4.73. The van der Waals surface area contributed by atoms with E-state index in [4.69, 9.17) is 9.88 Å². The van der Waals surface area contributed by atoms with Crippen molar-refractivity contribution in [3.05, 3.63) is 52.6 Å². The van der Waals surface area contributed by atoms with Gasteiger partial charge in [-0.05, 0) is 37.6 Å². The van der Waals surface area contributed by atoms with Crippen LogP contribution in [0.15, 0.2) is 47.0 Å². The predicted octanol–water partition coefficient (Wildman–Crippen LogP) is 4.82. The monoisotopic (exact) mass is 462 g/mol. The summed E-state index contributed by atoms with van der Waals surface area (Å²) in [5, 5.41) is 5.75. The molecule has 1 aromatic rings. The van der Waals surface area contributed by atoms with Gasteiger partial charge in [-0.15, -0.1) is 13.2 Å². The van der Waals surface area contributed by atoms with Crippen molar-refractivity contribution in [3.63, 3.8) is 0 Å². The van der Waals surface area contributed by atoms with E-state index in [1.54, 1.807) is 31.4 Å². The maximum Gasteiger partial charge on any atom is 0.533 e. The Labute approximate surface area is 180 Å². The van der Waals surface area contributed by atoms with E-state index in [9.17, 15) is 18.0 Å². The van der Waals surface area contributed by atoms with Gasteiger partial charge in [0.05, 0.1) is 17.4 Å². The first kappa shape index (κ1) is 23.1. The summed E-state index contributed by atoms with van der Waals surface area (Å²) >= 11 is 1.49. The molecule has 3 atom stereocenters. The first-order valence-corrected chi connectivity index (χ1v) is 12.4. The summed E-state index contributed by atoms with van der Waals surface area (Å²) in [5.74, 6) is 0.879. The van der Waals surface area contributed by atoms with Gasteiger partial charge in [-0.25, -0.2) is 4.18 Å². The van der Waals surface area contributed by atoms with Crippen molar-refractivity contribution in [2.45, 2.75) is 25.1 Å². The summed E-state index contributed by atoms with van der Waals surface area (Å²) in [7, 11) is -1.12. The molecule has 0 aliphatic carbocycles. The Morgan fingerprint density at radius 2 is 1.93 bits per heavy atom. The molecule has 2 aliphatic heterocycles. The minimum absolute atomic E-state index is 0.0322. The summed E-state index contributed by atoms with van der Waals surface area (Å²) in [6.45, 7) is 2.52. The molecule has 166 valence electrons. The van der Waals surface area contributed by atoms with E-state index in [2.05, 4.69) is 15.2 Å². The van der Waals surface area contributed by atoms with Crippen molar-refractivity contribution in [2.24, 2.45) is 11.1 Å². The zero-order valence-corrected chi connectivity index (χ0v) is 18.6. The summed E-state index contributed by atoms with van der Waals surface area (Å²) in [4.78, 5) is 15.6. The molecule has 0 saturated carbocycles. The molecule has 3 rings (SSSR count). The smallest absolute Gasteiger partial charge is 0.497 e. The number of halogens is 3. The SMILES string of the molecule is COc1ccc(C(=O)C2=CC3C=C(C)N(CCCS(C)(N)OC(F)(F)F)C3S2)cc1. The maximum absolute atomic E-state index is 12.8. The molecule has 5 nitrogen and oxygen atoms in total. The summed E-state index contributed by atoms with van der Waals surface area (Å²) in [6.07, 6.45) is 1.11. The van der Waals surface area contributed by atoms with Gasteiger partial charge in [0.1, 0.15) is 5.75 Å². The molecule has 2 N–H and O–H groups in total. The number of fused-ring (bicyclic) bond motifs is 1. The second-order valence-electron chi connectivity index (χ2n) is 7.33. The van der Waals surface area contributed by atoms with Gasteiger partial charge in [-0.2, -0.15) is 0 Å². The van der Waals surface area contributed by atoms with Crippen LogP contribution >= 0.6 is 22.3 Å². The van der Waals surface area contributed by atoms with E-state index < -0.39 is 16.9 Å². The molecule has 1 aromatic carbocycles. The molecule has 0 saturated heterocycles. The summed E-state index contributed by atoms with van der Waals surface area (Å²) in [5.41, 5.74) is 1.64. The van der Waals surface area contributed by atoms with Crippen LogP contribution in [0, 0.1) is 5.92 Å². The van der Waals surface area contributed by atoms with Crippen LogP contribution in [0.25, 0.3) is 0 Å². The molecular weight excluding hydrogens is 437 g/mol. The van der Waals surface area contributed by atoms with Crippen molar-refractivity contribution < 1.29 is 26.9 Å². The number of nitrogens with zero attached hydrogens (tertiary/aromatic N) is 1. The molecular formula is C20H25F3N2O3S2. The summed E-state index contributed by atoms with van der Waals surface area (Å²) < 4.78 is 46.6. The Morgan fingerprint density at radius 3 is 2.53 bits per heavy atom. The van der Waals surface area contributed by atoms with Crippen molar-refractivity contribution in [3.8, 4) is 5.75 Å². The van der Waals surface area contributed by atoms with Gasteiger partial charge in [-0.1, -0.05) is 34.4 Å². The second-order valence-corrected chi connectivity index (χ2v) is 11.2. The van der Waals surface area contributed by atoms with Crippen molar-refractivity contribution in [1.82, 2.24) is 4.90 Å². The molecule has 3 unspecified atom stereocenters. The highest BCUT2D eigenvalue weighted by Gasteiger charge is 2.40. The molecule has 2 aliphatic rings. The highest BCUT2D eigenvalue weighted by atomic mass is 32.3. The predicted molar refractivity (Wildman–Crippen MR) is 115 cm³/mol. The molecule has 0 bridgehead atoms. The first-order chi connectivity index (χ1) is 14.0. The fraction of sp³-hybridized carbons (Fsp3) is 0.450. The number of methoxy groups -OCH3 is 1. The Kier molecular flexibility index (Phi) is 6.81. The van der Waals surface area contributed by atoms with Crippen LogP contribution in [0.3, 0.4) is 0 Å². The largest absolute Gasteiger partial charge is 0.533 e. The molecule has 0 aromatic heterocycles. The molecule has 10 heteroatoms. The van der Waals surface area contributed by atoms with Gasteiger partial charge < -0.3 is 9.64 Å². The Morgan fingerprint density at radius 1 is 1.27 bits per heavy atom. The highest BCUT2D eigenvalue weighted by Crippen LogP contribution is 2.47. The van der Waals surface area contributed by atoms with Gasteiger partial charge in [0.15, 0.2) is 5.78 Å². The Hall–Kier alpha value is -1.62. The molecule has 0 amide bonds. The number of carbonyl (C=O) groups excluding carboxylic acids is 1. The van der Waals surface area contributed by atoms with Crippen LogP contribution in [0.4, 0.5) is 13.2 Å². The van der Waals surface area contributed by atoms with Crippen LogP contribution in [0.1, 0.15) is 23.7 Å². The quantitative estimate of drug-likeness (QED) is 0.559. The van der Waals surface area contributed by atoms with Crippen LogP contribution < -0.4 is 9.88 Å². The van der Waals surface area contributed by atoms with Gasteiger partial charge in [0.25, 0.3) is 0 Å². The number of rotatable bonds is 8. The third kappa shape index (κ3) is 5.54. The number of thioether (sulfide) groups is 1. The van der Waals surface area contributed by atoms with E-state index in [-0.39, 0.29) is 22.8 Å². The standard InChI is InChI=1S/C20H25F3N2O3S2/c1-13-11-15-12-17(18(26)14-5-7-16(27-2)8-6-14)29-19(15)25(13)9-4-10-30(3,24)28-20(21,22)23/h5-8,11-12,15,19H,4,9-10,24H2,1-3H3. The molecule has 30 heavy (non-hydrogen) atoms.